The first-order valence-electron chi connectivity index (χ1n) is 4.92. The zero-order chi connectivity index (χ0) is 9.23. The van der Waals surface area contributed by atoms with Crippen LogP contribution in [0.2, 0.25) is 0 Å². The van der Waals surface area contributed by atoms with E-state index in [0.29, 0.717) is 0 Å². The van der Waals surface area contributed by atoms with Gasteiger partial charge in [-0.15, -0.1) is 0 Å². The Bertz CT molecular complexity index is 81.9. The van der Waals surface area contributed by atoms with Crippen LogP contribution in [-0.2, 0) is 9.47 Å². The molecule has 0 spiro atoms. The van der Waals surface area contributed by atoms with Gasteiger partial charge >= 0.3 is 0 Å². The van der Waals surface area contributed by atoms with Crippen LogP contribution in [0.1, 0.15) is 33.6 Å². The van der Waals surface area contributed by atoms with Gasteiger partial charge in [-0.2, -0.15) is 0 Å². The zero-order valence-electron chi connectivity index (χ0n) is 8.64. The maximum Gasteiger partial charge on any atom is 0.0700 e. The van der Waals surface area contributed by atoms with Crippen molar-refractivity contribution in [3.05, 3.63) is 0 Å². The Balaban J connectivity index is 2.82. The summed E-state index contributed by atoms with van der Waals surface area (Å²) in [4.78, 5) is 0. The molecular formula is C10H22O2. The number of hydrogen-bond acceptors (Lipinski definition) is 2. The Morgan fingerprint density at radius 3 is 2.25 bits per heavy atom. The maximum atomic E-state index is 5.36. The molecule has 0 aliphatic heterocycles. The Labute approximate surface area is 76.3 Å². The molecule has 0 aromatic rings. The molecule has 0 amide bonds. The molecule has 12 heavy (non-hydrogen) atoms. The highest BCUT2D eigenvalue weighted by Crippen LogP contribution is 2.02. The van der Waals surface area contributed by atoms with E-state index >= 15 is 0 Å². The summed E-state index contributed by atoms with van der Waals surface area (Å²) in [6.07, 6.45) is 2.43. The number of rotatable bonds is 8. The molecule has 2 heteroatoms. The first kappa shape index (κ1) is 11.9. The highest BCUT2D eigenvalue weighted by Gasteiger charge is 1.93. The van der Waals surface area contributed by atoms with E-state index < -0.39 is 0 Å². The molecule has 0 aromatic heterocycles. The Hall–Kier alpha value is -0.0800. The van der Waals surface area contributed by atoms with E-state index in [1.807, 2.05) is 6.92 Å². The van der Waals surface area contributed by atoms with Crippen molar-refractivity contribution in [1.29, 1.82) is 0 Å². The van der Waals surface area contributed by atoms with Gasteiger partial charge in [-0.25, -0.2) is 0 Å². The van der Waals surface area contributed by atoms with E-state index in [2.05, 4.69) is 13.8 Å². The van der Waals surface area contributed by atoms with E-state index in [1.54, 1.807) is 0 Å². The van der Waals surface area contributed by atoms with Gasteiger partial charge in [0.2, 0.25) is 0 Å². The van der Waals surface area contributed by atoms with E-state index in [1.165, 1.54) is 12.8 Å². The lowest BCUT2D eigenvalue weighted by atomic mass is 10.1. The van der Waals surface area contributed by atoms with Crippen molar-refractivity contribution in [2.24, 2.45) is 5.92 Å². The summed E-state index contributed by atoms with van der Waals surface area (Å²) in [5.74, 6) is 0.792. The standard InChI is InChI=1S/C10H22O2/c1-4-11-8-9-12-7-5-6-10(2)3/h10H,4-9H2,1-3H3. The molecule has 0 fully saturated rings. The predicted octanol–water partition coefficient (Wildman–Crippen LogP) is 2.48. The topological polar surface area (TPSA) is 18.5 Å². The average molecular weight is 174 g/mol. The third-order valence-corrected chi connectivity index (χ3v) is 1.65. The third-order valence-electron chi connectivity index (χ3n) is 1.65. The molecule has 0 atom stereocenters. The van der Waals surface area contributed by atoms with E-state index in [4.69, 9.17) is 9.47 Å². The molecule has 0 rings (SSSR count). The predicted molar refractivity (Wildman–Crippen MR) is 51.4 cm³/mol. The van der Waals surface area contributed by atoms with Crippen LogP contribution >= 0.6 is 0 Å². The summed E-state index contributed by atoms with van der Waals surface area (Å²) in [6.45, 7) is 9.61. The highest BCUT2D eigenvalue weighted by atomic mass is 16.5. The van der Waals surface area contributed by atoms with Crippen molar-refractivity contribution in [2.45, 2.75) is 33.6 Å². The maximum absolute atomic E-state index is 5.36. The van der Waals surface area contributed by atoms with Crippen molar-refractivity contribution in [3.63, 3.8) is 0 Å². The lowest BCUT2D eigenvalue weighted by Gasteiger charge is -2.05. The van der Waals surface area contributed by atoms with Crippen LogP contribution in [0.25, 0.3) is 0 Å². The van der Waals surface area contributed by atoms with Gasteiger partial charge in [0.05, 0.1) is 13.2 Å². The van der Waals surface area contributed by atoms with Crippen molar-refractivity contribution in [3.8, 4) is 0 Å². The molecule has 0 radical (unpaired) electrons. The monoisotopic (exact) mass is 174 g/mol. The summed E-state index contributed by atoms with van der Waals surface area (Å²) in [7, 11) is 0. The lowest BCUT2D eigenvalue weighted by molar-refractivity contribution is 0.0506. The lowest BCUT2D eigenvalue weighted by Crippen LogP contribution is -2.05. The summed E-state index contributed by atoms with van der Waals surface area (Å²) in [5.41, 5.74) is 0. The summed E-state index contributed by atoms with van der Waals surface area (Å²) < 4.78 is 10.5. The van der Waals surface area contributed by atoms with Gasteiger partial charge in [0.25, 0.3) is 0 Å². The third kappa shape index (κ3) is 9.92. The first-order chi connectivity index (χ1) is 5.77. The number of hydrogen-bond donors (Lipinski definition) is 0. The van der Waals surface area contributed by atoms with Gasteiger partial charge in [0.15, 0.2) is 0 Å². The molecule has 2 nitrogen and oxygen atoms in total. The fourth-order valence-electron chi connectivity index (χ4n) is 0.958. The first-order valence-corrected chi connectivity index (χ1v) is 4.92. The van der Waals surface area contributed by atoms with Crippen molar-refractivity contribution in [2.75, 3.05) is 26.4 Å². The molecule has 0 heterocycles. The van der Waals surface area contributed by atoms with E-state index in [0.717, 1.165) is 32.3 Å². The molecule has 74 valence electrons. The van der Waals surface area contributed by atoms with Crippen molar-refractivity contribution < 1.29 is 9.47 Å². The van der Waals surface area contributed by atoms with Crippen LogP contribution in [0.3, 0.4) is 0 Å². The minimum atomic E-state index is 0.734. The molecule has 0 aliphatic rings. The Morgan fingerprint density at radius 1 is 1.00 bits per heavy atom. The van der Waals surface area contributed by atoms with Crippen LogP contribution in [0.5, 0.6) is 0 Å². The van der Waals surface area contributed by atoms with E-state index in [-0.39, 0.29) is 0 Å². The second-order valence-corrected chi connectivity index (χ2v) is 3.35. The van der Waals surface area contributed by atoms with Gasteiger partial charge < -0.3 is 9.47 Å². The summed E-state index contributed by atoms with van der Waals surface area (Å²) in [5, 5.41) is 0. The van der Waals surface area contributed by atoms with Gasteiger partial charge in [0, 0.05) is 13.2 Å². The second kappa shape index (κ2) is 9.01. The molecule has 0 aromatic carbocycles. The molecule has 0 bridgehead atoms. The van der Waals surface area contributed by atoms with Crippen LogP contribution in [-0.4, -0.2) is 26.4 Å². The van der Waals surface area contributed by atoms with Gasteiger partial charge in [-0.3, -0.25) is 0 Å². The average Bonchev–Trinajstić information content (AvgIpc) is 2.02. The Morgan fingerprint density at radius 2 is 1.67 bits per heavy atom. The van der Waals surface area contributed by atoms with Gasteiger partial charge in [-0.05, 0) is 25.7 Å². The zero-order valence-corrected chi connectivity index (χ0v) is 8.64. The van der Waals surface area contributed by atoms with E-state index in [9.17, 15) is 0 Å². The minimum absolute atomic E-state index is 0.734. The second-order valence-electron chi connectivity index (χ2n) is 3.35. The quantitative estimate of drug-likeness (QED) is 0.526. The van der Waals surface area contributed by atoms with Crippen LogP contribution in [0.4, 0.5) is 0 Å². The van der Waals surface area contributed by atoms with Crippen molar-refractivity contribution >= 4 is 0 Å². The SMILES string of the molecule is CCOCCOCCCC(C)C. The van der Waals surface area contributed by atoms with Crippen LogP contribution < -0.4 is 0 Å². The molecule has 0 saturated carbocycles. The molecule has 0 unspecified atom stereocenters. The van der Waals surface area contributed by atoms with Crippen LogP contribution in [0, 0.1) is 5.92 Å². The van der Waals surface area contributed by atoms with Crippen LogP contribution in [0.15, 0.2) is 0 Å². The Kier molecular flexibility index (Phi) is 8.95. The van der Waals surface area contributed by atoms with Gasteiger partial charge in [-0.1, -0.05) is 13.8 Å². The highest BCUT2D eigenvalue weighted by molar-refractivity contribution is 4.44. The fraction of sp³-hybridized carbons (Fsp3) is 1.00. The summed E-state index contributed by atoms with van der Waals surface area (Å²) in [6, 6.07) is 0. The summed E-state index contributed by atoms with van der Waals surface area (Å²) >= 11 is 0. The van der Waals surface area contributed by atoms with Gasteiger partial charge in [0.1, 0.15) is 0 Å². The molecule has 0 aliphatic carbocycles. The smallest absolute Gasteiger partial charge is 0.0700 e. The normalized spacial score (nSPS) is 11.0. The molecule has 0 saturated heterocycles. The fourth-order valence-corrected chi connectivity index (χ4v) is 0.958. The molecule has 0 N–H and O–H groups in total. The molecular weight excluding hydrogens is 152 g/mol. The minimum Gasteiger partial charge on any atom is -0.379 e. The largest absolute Gasteiger partial charge is 0.379 e. The van der Waals surface area contributed by atoms with Crippen molar-refractivity contribution in [1.82, 2.24) is 0 Å². The number of ether oxygens (including phenoxy) is 2.